The van der Waals surface area contributed by atoms with E-state index in [2.05, 4.69) is 0 Å². The van der Waals surface area contributed by atoms with E-state index in [1.807, 2.05) is 44.2 Å². The van der Waals surface area contributed by atoms with Crippen molar-refractivity contribution in [3.63, 3.8) is 0 Å². The van der Waals surface area contributed by atoms with Crippen molar-refractivity contribution in [2.24, 2.45) is 0 Å². The summed E-state index contributed by atoms with van der Waals surface area (Å²) in [4.78, 5) is 12.0. The smallest absolute Gasteiger partial charge is 0.168 e. The van der Waals surface area contributed by atoms with E-state index in [9.17, 15) is 4.79 Å². The van der Waals surface area contributed by atoms with Gasteiger partial charge in [-0.2, -0.15) is 0 Å². The van der Waals surface area contributed by atoms with E-state index >= 15 is 0 Å². The number of ketones is 1. The lowest BCUT2D eigenvalue weighted by Crippen LogP contribution is -2.34. The molecule has 0 saturated heterocycles. The number of rotatable bonds is 5. The number of carbonyl (C=O) groups is 1. The van der Waals surface area contributed by atoms with Crippen molar-refractivity contribution in [3.05, 3.63) is 35.9 Å². The van der Waals surface area contributed by atoms with Crippen molar-refractivity contribution in [1.82, 2.24) is 0 Å². The SMILES string of the molecule is CCCC(=O)C(C)(OC)c1ccccc1. The number of ether oxygens (including phenoxy) is 1. The summed E-state index contributed by atoms with van der Waals surface area (Å²) in [7, 11) is 1.58. The van der Waals surface area contributed by atoms with Gasteiger partial charge in [0.15, 0.2) is 5.78 Å². The van der Waals surface area contributed by atoms with Gasteiger partial charge in [-0.05, 0) is 18.9 Å². The Hall–Kier alpha value is -1.15. The van der Waals surface area contributed by atoms with Gasteiger partial charge in [0.05, 0.1) is 0 Å². The van der Waals surface area contributed by atoms with Gasteiger partial charge >= 0.3 is 0 Å². The third-order valence-corrected chi connectivity index (χ3v) is 2.74. The fraction of sp³-hybridized carbons (Fsp3) is 0.462. The molecule has 1 atom stereocenters. The number of hydrogen-bond donors (Lipinski definition) is 0. The Labute approximate surface area is 91.3 Å². The van der Waals surface area contributed by atoms with Gasteiger partial charge in [-0.15, -0.1) is 0 Å². The average molecular weight is 206 g/mol. The van der Waals surface area contributed by atoms with E-state index in [1.54, 1.807) is 7.11 Å². The number of carbonyl (C=O) groups excluding carboxylic acids is 1. The highest BCUT2D eigenvalue weighted by Gasteiger charge is 2.33. The zero-order valence-electron chi connectivity index (χ0n) is 9.62. The summed E-state index contributed by atoms with van der Waals surface area (Å²) in [6.07, 6.45) is 1.41. The topological polar surface area (TPSA) is 26.3 Å². The summed E-state index contributed by atoms with van der Waals surface area (Å²) in [6, 6.07) is 9.63. The average Bonchev–Trinajstić information content (AvgIpc) is 2.29. The van der Waals surface area contributed by atoms with Gasteiger partial charge in [0.1, 0.15) is 5.60 Å². The number of hydrogen-bond acceptors (Lipinski definition) is 2. The van der Waals surface area contributed by atoms with Crippen LogP contribution in [0.1, 0.15) is 32.3 Å². The van der Waals surface area contributed by atoms with Gasteiger partial charge in [0.2, 0.25) is 0 Å². The molecule has 0 spiro atoms. The lowest BCUT2D eigenvalue weighted by atomic mass is 9.89. The molecule has 0 fully saturated rings. The lowest BCUT2D eigenvalue weighted by Gasteiger charge is -2.27. The van der Waals surface area contributed by atoms with E-state index in [0.29, 0.717) is 6.42 Å². The maximum atomic E-state index is 12.0. The number of Topliss-reactive ketones (excluding diaryl/α,β-unsaturated/α-hetero) is 1. The predicted molar refractivity (Wildman–Crippen MR) is 60.7 cm³/mol. The van der Waals surface area contributed by atoms with E-state index in [4.69, 9.17) is 4.74 Å². The van der Waals surface area contributed by atoms with E-state index in [1.165, 1.54) is 0 Å². The first kappa shape index (κ1) is 11.9. The minimum absolute atomic E-state index is 0.138. The maximum Gasteiger partial charge on any atom is 0.168 e. The summed E-state index contributed by atoms with van der Waals surface area (Å²) in [5, 5.41) is 0. The van der Waals surface area contributed by atoms with Gasteiger partial charge in [0, 0.05) is 13.5 Å². The molecule has 0 aromatic heterocycles. The first-order valence-electron chi connectivity index (χ1n) is 5.29. The normalized spacial score (nSPS) is 14.6. The molecule has 82 valence electrons. The van der Waals surface area contributed by atoms with Crippen LogP contribution in [-0.2, 0) is 15.1 Å². The van der Waals surface area contributed by atoms with E-state index in [0.717, 1.165) is 12.0 Å². The molecule has 0 aliphatic carbocycles. The first-order valence-corrected chi connectivity index (χ1v) is 5.29. The molecule has 0 aliphatic heterocycles. The van der Waals surface area contributed by atoms with Crippen molar-refractivity contribution in [2.45, 2.75) is 32.3 Å². The quantitative estimate of drug-likeness (QED) is 0.740. The van der Waals surface area contributed by atoms with Crippen LogP contribution >= 0.6 is 0 Å². The van der Waals surface area contributed by atoms with Crippen LogP contribution in [0.5, 0.6) is 0 Å². The molecular weight excluding hydrogens is 188 g/mol. The number of methoxy groups -OCH3 is 1. The molecule has 0 N–H and O–H groups in total. The first-order chi connectivity index (χ1) is 7.15. The Morgan fingerprint density at radius 3 is 2.40 bits per heavy atom. The van der Waals surface area contributed by atoms with Crippen LogP contribution < -0.4 is 0 Å². The van der Waals surface area contributed by atoms with Crippen LogP contribution in [0.4, 0.5) is 0 Å². The zero-order chi connectivity index (χ0) is 11.3. The predicted octanol–water partition coefficient (Wildman–Crippen LogP) is 2.92. The van der Waals surface area contributed by atoms with Crippen molar-refractivity contribution in [1.29, 1.82) is 0 Å². The third kappa shape index (κ3) is 2.45. The summed E-state index contributed by atoms with van der Waals surface area (Å²) < 4.78 is 5.39. The van der Waals surface area contributed by atoms with E-state index in [-0.39, 0.29) is 5.78 Å². The lowest BCUT2D eigenvalue weighted by molar-refractivity contribution is -0.140. The van der Waals surface area contributed by atoms with Crippen LogP contribution in [0.15, 0.2) is 30.3 Å². The van der Waals surface area contributed by atoms with Gasteiger partial charge in [-0.3, -0.25) is 4.79 Å². The van der Waals surface area contributed by atoms with Crippen LogP contribution in [0.25, 0.3) is 0 Å². The van der Waals surface area contributed by atoms with Crippen molar-refractivity contribution in [2.75, 3.05) is 7.11 Å². The summed E-state index contributed by atoms with van der Waals surface area (Å²) in [5.41, 5.74) is 0.128. The van der Waals surface area contributed by atoms with E-state index < -0.39 is 5.60 Å². The minimum atomic E-state index is -0.794. The summed E-state index contributed by atoms with van der Waals surface area (Å²) in [5.74, 6) is 0.138. The molecule has 2 nitrogen and oxygen atoms in total. The Morgan fingerprint density at radius 1 is 1.33 bits per heavy atom. The minimum Gasteiger partial charge on any atom is -0.366 e. The monoisotopic (exact) mass is 206 g/mol. The Bertz CT molecular complexity index is 319. The van der Waals surface area contributed by atoms with Gasteiger partial charge in [0.25, 0.3) is 0 Å². The molecule has 1 aromatic carbocycles. The van der Waals surface area contributed by atoms with Crippen molar-refractivity contribution in [3.8, 4) is 0 Å². The zero-order valence-corrected chi connectivity index (χ0v) is 9.62. The molecular formula is C13H18O2. The largest absolute Gasteiger partial charge is 0.366 e. The van der Waals surface area contributed by atoms with Crippen LogP contribution in [0, 0.1) is 0 Å². The molecule has 2 heteroatoms. The van der Waals surface area contributed by atoms with Crippen molar-refractivity contribution >= 4 is 5.78 Å². The molecule has 1 unspecified atom stereocenters. The molecule has 0 saturated carbocycles. The Balaban J connectivity index is 3.00. The summed E-state index contributed by atoms with van der Waals surface area (Å²) >= 11 is 0. The van der Waals surface area contributed by atoms with Crippen molar-refractivity contribution < 1.29 is 9.53 Å². The maximum absolute atomic E-state index is 12.0. The molecule has 0 radical (unpaired) electrons. The highest BCUT2D eigenvalue weighted by atomic mass is 16.5. The highest BCUT2D eigenvalue weighted by Crippen LogP contribution is 2.27. The molecule has 0 bridgehead atoms. The summed E-state index contributed by atoms with van der Waals surface area (Å²) in [6.45, 7) is 3.83. The molecule has 1 aromatic rings. The Kier molecular flexibility index (Phi) is 4.04. The highest BCUT2D eigenvalue weighted by molar-refractivity contribution is 5.88. The fourth-order valence-electron chi connectivity index (χ4n) is 1.61. The standard InChI is InChI=1S/C13H18O2/c1-4-8-12(14)13(2,15-3)11-9-6-5-7-10-11/h5-7,9-10H,4,8H2,1-3H3. The molecule has 15 heavy (non-hydrogen) atoms. The van der Waals surface area contributed by atoms with Gasteiger partial charge in [-0.1, -0.05) is 37.3 Å². The third-order valence-electron chi connectivity index (χ3n) is 2.74. The molecule has 0 amide bonds. The van der Waals surface area contributed by atoms with Crippen LogP contribution in [-0.4, -0.2) is 12.9 Å². The van der Waals surface area contributed by atoms with Gasteiger partial charge in [-0.25, -0.2) is 0 Å². The number of benzene rings is 1. The second kappa shape index (κ2) is 5.08. The van der Waals surface area contributed by atoms with Gasteiger partial charge < -0.3 is 4.74 Å². The molecule has 0 aliphatic rings. The Morgan fingerprint density at radius 2 is 1.93 bits per heavy atom. The van der Waals surface area contributed by atoms with Crippen LogP contribution in [0.3, 0.4) is 0 Å². The molecule has 0 heterocycles. The molecule has 1 rings (SSSR count). The fourth-order valence-corrected chi connectivity index (χ4v) is 1.61. The van der Waals surface area contributed by atoms with Crippen LogP contribution in [0.2, 0.25) is 0 Å². The second-order valence-electron chi connectivity index (χ2n) is 3.78. The second-order valence-corrected chi connectivity index (χ2v) is 3.78.